The van der Waals surface area contributed by atoms with Gasteiger partial charge in [-0.2, -0.15) is 0 Å². The van der Waals surface area contributed by atoms with Crippen molar-refractivity contribution >= 4 is 0 Å². The molecule has 4 rings (SSSR count). The maximum absolute atomic E-state index is 13.2. The second-order valence-electron chi connectivity index (χ2n) is 6.43. The molecule has 2 heterocycles. The van der Waals surface area contributed by atoms with Gasteiger partial charge in [-0.15, -0.1) is 0 Å². The molecule has 1 aliphatic heterocycles. The monoisotopic (exact) mass is 380 g/mol. The van der Waals surface area contributed by atoms with Gasteiger partial charge >= 0.3 is 0 Å². The van der Waals surface area contributed by atoms with E-state index >= 15 is 0 Å². The maximum Gasteiger partial charge on any atom is 0.262 e. The lowest BCUT2D eigenvalue weighted by Crippen LogP contribution is -2.43. The van der Waals surface area contributed by atoms with Crippen LogP contribution in [0.3, 0.4) is 0 Å². The Morgan fingerprint density at radius 1 is 1.04 bits per heavy atom. The second kappa shape index (κ2) is 8.82. The van der Waals surface area contributed by atoms with Crippen molar-refractivity contribution in [1.29, 1.82) is 0 Å². The fourth-order valence-corrected chi connectivity index (χ4v) is 3.07. The number of aromatic nitrogens is 1. The number of benzene rings is 2. The van der Waals surface area contributed by atoms with Crippen molar-refractivity contribution in [3.05, 3.63) is 84.3 Å². The SMILES string of the molecule is Fc1ccc(Oc2ncccc2O[C@@H](c2ccccc2)C2CNCCO2)cc1. The number of pyridine rings is 1. The summed E-state index contributed by atoms with van der Waals surface area (Å²) in [5, 5.41) is 3.34. The van der Waals surface area contributed by atoms with Crippen LogP contribution in [0.5, 0.6) is 17.4 Å². The van der Waals surface area contributed by atoms with Crippen molar-refractivity contribution in [2.45, 2.75) is 12.2 Å². The molecule has 1 aromatic heterocycles. The van der Waals surface area contributed by atoms with Crippen molar-refractivity contribution < 1.29 is 18.6 Å². The Labute approximate surface area is 163 Å². The molecule has 0 bridgehead atoms. The topological polar surface area (TPSA) is 52.6 Å². The molecule has 0 saturated carbocycles. The molecule has 0 aliphatic carbocycles. The lowest BCUT2D eigenvalue weighted by atomic mass is 10.0. The first kappa shape index (κ1) is 18.4. The van der Waals surface area contributed by atoms with E-state index in [1.165, 1.54) is 12.1 Å². The molecule has 6 heteroatoms. The van der Waals surface area contributed by atoms with Gasteiger partial charge in [0.15, 0.2) is 11.9 Å². The molecule has 3 aromatic rings. The van der Waals surface area contributed by atoms with Crippen LogP contribution in [0.4, 0.5) is 4.39 Å². The van der Waals surface area contributed by atoms with E-state index in [1.807, 2.05) is 30.3 Å². The zero-order valence-electron chi connectivity index (χ0n) is 15.3. The zero-order chi connectivity index (χ0) is 19.2. The van der Waals surface area contributed by atoms with E-state index in [0.717, 1.165) is 12.1 Å². The van der Waals surface area contributed by atoms with Gasteiger partial charge in [-0.3, -0.25) is 0 Å². The number of morpholine rings is 1. The van der Waals surface area contributed by atoms with Gasteiger partial charge in [-0.25, -0.2) is 9.37 Å². The molecule has 1 unspecified atom stereocenters. The summed E-state index contributed by atoms with van der Waals surface area (Å²) < 4.78 is 31.3. The molecular formula is C22H21FN2O3. The van der Waals surface area contributed by atoms with Crippen molar-refractivity contribution in [3.63, 3.8) is 0 Å². The highest BCUT2D eigenvalue weighted by Crippen LogP contribution is 2.34. The van der Waals surface area contributed by atoms with Crippen molar-refractivity contribution in [1.82, 2.24) is 10.3 Å². The van der Waals surface area contributed by atoms with Crippen LogP contribution in [-0.2, 0) is 4.74 Å². The van der Waals surface area contributed by atoms with Crippen molar-refractivity contribution in [3.8, 4) is 17.4 Å². The number of ether oxygens (including phenoxy) is 3. The second-order valence-corrected chi connectivity index (χ2v) is 6.43. The van der Waals surface area contributed by atoms with E-state index in [-0.39, 0.29) is 18.0 Å². The summed E-state index contributed by atoms with van der Waals surface area (Å²) in [7, 11) is 0. The van der Waals surface area contributed by atoms with Crippen LogP contribution < -0.4 is 14.8 Å². The summed E-state index contributed by atoms with van der Waals surface area (Å²) in [6.07, 6.45) is 1.16. The molecule has 2 aromatic carbocycles. The lowest BCUT2D eigenvalue weighted by molar-refractivity contribution is -0.0438. The quantitative estimate of drug-likeness (QED) is 0.697. The van der Waals surface area contributed by atoms with E-state index in [4.69, 9.17) is 14.2 Å². The van der Waals surface area contributed by atoms with E-state index in [0.29, 0.717) is 30.5 Å². The number of nitrogens with one attached hydrogen (secondary N) is 1. The molecule has 1 fully saturated rings. The smallest absolute Gasteiger partial charge is 0.262 e. The van der Waals surface area contributed by atoms with Crippen LogP contribution in [0.15, 0.2) is 72.9 Å². The van der Waals surface area contributed by atoms with Crippen LogP contribution in [0.25, 0.3) is 0 Å². The third kappa shape index (κ3) is 4.47. The first-order valence-electron chi connectivity index (χ1n) is 9.22. The van der Waals surface area contributed by atoms with Crippen LogP contribution in [0.2, 0.25) is 0 Å². The third-order valence-corrected chi connectivity index (χ3v) is 4.44. The minimum Gasteiger partial charge on any atom is -0.477 e. The molecule has 144 valence electrons. The van der Waals surface area contributed by atoms with E-state index in [9.17, 15) is 4.39 Å². The highest BCUT2D eigenvalue weighted by molar-refractivity contribution is 5.38. The Morgan fingerprint density at radius 2 is 1.86 bits per heavy atom. The molecule has 0 amide bonds. The zero-order valence-corrected chi connectivity index (χ0v) is 15.3. The Kier molecular flexibility index (Phi) is 5.80. The summed E-state index contributed by atoms with van der Waals surface area (Å²) in [6.45, 7) is 2.14. The summed E-state index contributed by atoms with van der Waals surface area (Å²) in [4.78, 5) is 4.29. The number of nitrogens with zero attached hydrogens (tertiary/aromatic N) is 1. The summed E-state index contributed by atoms with van der Waals surface area (Å²) in [6, 6.07) is 19.3. The normalized spacial score (nSPS) is 17.7. The summed E-state index contributed by atoms with van der Waals surface area (Å²) in [5.41, 5.74) is 1.01. The standard InChI is InChI=1S/C22H21FN2O3/c23-17-8-10-18(11-9-17)27-22-19(7-4-12-25-22)28-21(16-5-2-1-3-6-16)20-15-24-13-14-26-20/h1-12,20-21,24H,13-15H2/t20?,21-/m0/s1. The van der Waals surface area contributed by atoms with Crippen molar-refractivity contribution in [2.24, 2.45) is 0 Å². The largest absolute Gasteiger partial charge is 0.477 e. The number of hydrogen-bond donors (Lipinski definition) is 1. The maximum atomic E-state index is 13.2. The minimum absolute atomic E-state index is 0.143. The first-order chi connectivity index (χ1) is 13.8. The van der Waals surface area contributed by atoms with Gasteiger partial charge in [-0.1, -0.05) is 30.3 Å². The number of hydrogen-bond acceptors (Lipinski definition) is 5. The summed E-state index contributed by atoms with van der Waals surface area (Å²) in [5.74, 6) is 0.974. The van der Waals surface area contributed by atoms with Gasteiger partial charge in [-0.05, 0) is 42.0 Å². The van der Waals surface area contributed by atoms with E-state index in [1.54, 1.807) is 30.5 Å². The first-order valence-corrected chi connectivity index (χ1v) is 9.22. The van der Waals surface area contributed by atoms with Gasteiger partial charge in [0, 0.05) is 19.3 Å². The highest BCUT2D eigenvalue weighted by atomic mass is 19.1. The van der Waals surface area contributed by atoms with E-state index in [2.05, 4.69) is 10.3 Å². The molecular weight excluding hydrogens is 359 g/mol. The number of halogens is 1. The molecule has 1 aliphatic rings. The minimum atomic E-state index is -0.325. The fraction of sp³-hybridized carbons (Fsp3) is 0.227. The van der Waals surface area contributed by atoms with Gasteiger partial charge in [0.25, 0.3) is 5.88 Å². The Morgan fingerprint density at radius 3 is 2.61 bits per heavy atom. The fourth-order valence-electron chi connectivity index (χ4n) is 3.07. The molecule has 1 saturated heterocycles. The molecule has 0 spiro atoms. The van der Waals surface area contributed by atoms with Gasteiger partial charge in [0.2, 0.25) is 0 Å². The molecule has 5 nitrogen and oxygen atoms in total. The Balaban J connectivity index is 1.60. The van der Waals surface area contributed by atoms with Crippen LogP contribution in [0, 0.1) is 5.82 Å². The molecule has 1 N–H and O–H groups in total. The average molecular weight is 380 g/mol. The van der Waals surface area contributed by atoms with E-state index < -0.39 is 0 Å². The van der Waals surface area contributed by atoms with Crippen LogP contribution in [-0.4, -0.2) is 30.8 Å². The van der Waals surface area contributed by atoms with Gasteiger partial charge < -0.3 is 19.5 Å². The third-order valence-electron chi connectivity index (χ3n) is 4.44. The van der Waals surface area contributed by atoms with Crippen molar-refractivity contribution in [2.75, 3.05) is 19.7 Å². The van der Waals surface area contributed by atoms with Gasteiger partial charge in [0.05, 0.1) is 6.61 Å². The predicted octanol–water partition coefficient (Wildman–Crippen LogP) is 4.12. The Bertz CT molecular complexity index is 884. The average Bonchev–Trinajstić information content (AvgIpc) is 2.76. The molecule has 28 heavy (non-hydrogen) atoms. The Hall–Kier alpha value is -2.96. The highest BCUT2D eigenvalue weighted by Gasteiger charge is 2.29. The van der Waals surface area contributed by atoms with Crippen LogP contribution >= 0.6 is 0 Å². The summed E-state index contributed by atoms with van der Waals surface area (Å²) >= 11 is 0. The molecule has 2 atom stereocenters. The number of rotatable bonds is 6. The molecule has 0 radical (unpaired) electrons. The lowest BCUT2D eigenvalue weighted by Gasteiger charge is -2.31. The van der Waals surface area contributed by atoms with Gasteiger partial charge in [0.1, 0.15) is 17.7 Å². The predicted molar refractivity (Wildman–Crippen MR) is 103 cm³/mol. The van der Waals surface area contributed by atoms with Crippen LogP contribution in [0.1, 0.15) is 11.7 Å².